The van der Waals surface area contributed by atoms with Crippen molar-refractivity contribution >= 4 is 46.8 Å². The summed E-state index contributed by atoms with van der Waals surface area (Å²) in [6, 6.07) is 10.7. The molecular weight excluding hydrogens is 361 g/mol. The molecule has 1 fully saturated rings. The number of rotatable bonds is 4. The number of hydrogen-bond donors (Lipinski definition) is 1. The van der Waals surface area contributed by atoms with Crippen molar-refractivity contribution in [3.8, 4) is 0 Å². The van der Waals surface area contributed by atoms with E-state index in [1.165, 1.54) is 0 Å². The third-order valence-corrected chi connectivity index (χ3v) is 4.83. The van der Waals surface area contributed by atoms with E-state index in [2.05, 4.69) is 15.2 Å². The van der Waals surface area contributed by atoms with Crippen molar-refractivity contribution < 1.29 is 9.59 Å². The van der Waals surface area contributed by atoms with Crippen molar-refractivity contribution in [2.75, 3.05) is 23.3 Å². The van der Waals surface area contributed by atoms with E-state index in [1.807, 2.05) is 12.1 Å². The number of aromatic nitrogens is 1. The molecule has 2 heterocycles. The summed E-state index contributed by atoms with van der Waals surface area (Å²) < 4.78 is 0. The summed E-state index contributed by atoms with van der Waals surface area (Å²) in [5.74, 6) is -0.126. The van der Waals surface area contributed by atoms with Crippen LogP contribution in [-0.2, 0) is 4.79 Å². The van der Waals surface area contributed by atoms with Crippen LogP contribution < -0.4 is 10.2 Å². The summed E-state index contributed by atoms with van der Waals surface area (Å²) in [5.41, 5.74) is 2.20. The van der Waals surface area contributed by atoms with E-state index in [9.17, 15) is 9.59 Å². The van der Waals surface area contributed by atoms with Crippen LogP contribution in [-0.4, -0.2) is 30.3 Å². The van der Waals surface area contributed by atoms with Gasteiger partial charge in [0.15, 0.2) is 5.15 Å². The second kappa shape index (κ2) is 7.85. The number of benzene rings is 1. The topological polar surface area (TPSA) is 62.3 Å². The Balaban J connectivity index is 1.57. The van der Waals surface area contributed by atoms with Crippen LogP contribution in [0.25, 0.3) is 0 Å². The standard InChI is InChI=1S/C18H17Cl2N3O2/c19-16-6-5-15(17(20)22-16)21-18(25)13-7-9-23(10-8-13)14-3-1-12(11-24)2-4-14/h1-6,11,13H,7-10H2,(H,21,25). The molecule has 1 saturated heterocycles. The summed E-state index contributed by atoms with van der Waals surface area (Å²) in [7, 11) is 0. The molecule has 3 rings (SSSR count). The molecule has 1 aromatic carbocycles. The number of hydrogen-bond acceptors (Lipinski definition) is 4. The molecule has 1 aliphatic heterocycles. The third-order valence-electron chi connectivity index (χ3n) is 4.33. The lowest BCUT2D eigenvalue weighted by atomic mass is 9.95. The second-order valence-electron chi connectivity index (χ2n) is 5.93. The van der Waals surface area contributed by atoms with Gasteiger partial charge >= 0.3 is 0 Å². The number of halogens is 2. The predicted molar refractivity (Wildman–Crippen MR) is 99.7 cm³/mol. The molecule has 1 N–H and O–H groups in total. The molecule has 0 aliphatic carbocycles. The highest BCUT2D eigenvalue weighted by Gasteiger charge is 2.25. The van der Waals surface area contributed by atoms with Crippen LogP contribution >= 0.6 is 23.2 Å². The summed E-state index contributed by atoms with van der Waals surface area (Å²) in [6.45, 7) is 1.57. The molecule has 7 heteroatoms. The van der Waals surface area contributed by atoms with Gasteiger partial charge in [-0.3, -0.25) is 9.59 Å². The van der Waals surface area contributed by atoms with Crippen molar-refractivity contribution in [2.45, 2.75) is 12.8 Å². The van der Waals surface area contributed by atoms with Crippen LogP contribution in [0.5, 0.6) is 0 Å². The van der Waals surface area contributed by atoms with Crippen molar-refractivity contribution in [1.29, 1.82) is 0 Å². The molecule has 1 aromatic heterocycles. The van der Waals surface area contributed by atoms with Gasteiger partial charge in [0.2, 0.25) is 5.91 Å². The zero-order valence-corrected chi connectivity index (χ0v) is 14.9. The fourth-order valence-electron chi connectivity index (χ4n) is 2.90. The lowest BCUT2D eigenvalue weighted by molar-refractivity contribution is -0.120. The fourth-order valence-corrected chi connectivity index (χ4v) is 3.30. The van der Waals surface area contributed by atoms with Crippen molar-refractivity contribution in [1.82, 2.24) is 4.98 Å². The minimum absolute atomic E-state index is 0.0537. The summed E-state index contributed by atoms with van der Waals surface area (Å²) >= 11 is 11.8. The molecule has 5 nitrogen and oxygen atoms in total. The Labute approximate surface area is 155 Å². The van der Waals surface area contributed by atoms with Gasteiger partial charge in [-0.15, -0.1) is 0 Å². The smallest absolute Gasteiger partial charge is 0.227 e. The van der Waals surface area contributed by atoms with Gasteiger partial charge in [-0.2, -0.15) is 0 Å². The Morgan fingerprint density at radius 2 is 1.80 bits per heavy atom. The van der Waals surface area contributed by atoms with Gasteiger partial charge in [0.25, 0.3) is 0 Å². The van der Waals surface area contributed by atoms with Crippen molar-refractivity contribution in [3.63, 3.8) is 0 Å². The van der Waals surface area contributed by atoms with Gasteiger partial charge in [0.05, 0.1) is 5.69 Å². The maximum atomic E-state index is 12.4. The molecule has 0 spiro atoms. The first-order chi connectivity index (χ1) is 12.1. The minimum Gasteiger partial charge on any atom is -0.371 e. The summed E-state index contributed by atoms with van der Waals surface area (Å²) in [4.78, 5) is 29.3. The van der Waals surface area contributed by atoms with Gasteiger partial charge in [0, 0.05) is 30.3 Å². The van der Waals surface area contributed by atoms with Crippen LogP contribution in [0.15, 0.2) is 36.4 Å². The molecule has 0 atom stereocenters. The number of piperidine rings is 1. The highest BCUT2D eigenvalue weighted by atomic mass is 35.5. The van der Waals surface area contributed by atoms with Gasteiger partial charge in [-0.1, -0.05) is 23.2 Å². The molecule has 25 heavy (non-hydrogen) atoms. The lowest BCUT2D eigenvalue weighted by Gasteiger charge is -2.33. The minimum atomic E-state index is -0.0720. The third kappa shape index (κ3) is 4.30. The number of carbonyl (C=O) groups is 2. The monoisotopic (exact) mass is 377 g/mol. The highest BCUT2D eigenvalue weighted by Crippen LogP contribution is 2.26. The van der Waals surface area contributed by atoms with Crippen LogP contribution in [0.4, 0.5) is 11.4 Å². The van der Waals surface area contributed by atoms with E-state index in [4.69, 9.17) is 23.2 Å². The zero-order valence-electron chi connectivity index (χ0n) is 13.4. The van der Waals surface area contributed by atoms with Crippen LogP contribution in [0.2, 0.25) is 10.3 Å². The number of anilines is 2. The van der Waals surface area contributed by atoms with E-state index >= 15 is 0 Å². The first-order valence-corrected chi connectivity index (χ1v) is 8.75. The molecule has 0 unspecified atom stereocenters. The SMILES string of the molecule is O=Cc1ccc(N2CCC(C(=O)Nc3ccc(Cl)nc3Cl)CC2)cc1. The molecule has 130 valence electrons. The Morgan fingerprint density at radius 3 is 2.40 bits per heavy atom. The van der Waals surface area contributed by atoms with Crippen LogP contribution in [0.3, 0.4) is 0 Å². The number of nitrogens with one attached hydrogen (secondary N) is 1. The van der Waals surface area contributed by atoms with E-state index in [0.717, 1.165) is 37.9 Å². The first-order valence-electron chi connectivity index (χ1n) is 8.00. The molecule has 0 saturated carbocycles. The maximum absolute atomic E-state index is 12.4. The van der Waals surface area contributed by atoms with Gasteiger partial charge in [-0.25, -0.2) is 4.98 Å². The van der Waals surface area contributed by atoms with Crippen LogP contribution in [0, 0.1) is 5.92 Å². The summed E-state index contributed by atoms with van der Waals surface area (Å²) in [5, 5.41) is 3.30. The van der Waals surface area contributed by atoms with E-state index in [-0.39, 0.29) is 22.1 Å². The Morgan fingerprint density at radius 1 is 1.12 bits per heavy atom. The van der Waals surface area contributed by atoms with E-state index in [1.54, 1.807) is 24.3 Å². The average molecular weight is 378 g/mol. The van der Waals surface area contributed by atoms with E-state index < -0.39 is 0 Å². The maximum Gasteiger partial charge on any atom is 0.227 e. The average Bonchev–Trinajstić information content (AvgIpc) is 2.64. The molecule has 1 aliphatic rings. The number of carbonyl (C=O) groups excluding carboxylic acids is 2. The van der Waals surface area contributed by atoms with Gasteiger partial charge in [-0.05, 0) is 49.2 Å². The Bertz CT molecular complexity index is 772. The molecule has 1 amide bonds. The normalized spacial score (nSPS) is 15.0. The Hall–Kier alpha value is -2.11. The quantitative estimate of drug-likeness (QED) is 0.644. The molecular formula is C18H17Cl2N3O2. The molecule has 0 bridgehead atoms. The number of amides is 1. The molecule has 2 aromatic rings. The van der Waals surface area contributed by atoms with E-state index in [0.29, 0.717) is 11.3 Å². The Kier molecular flexibility index (Phi) is 5.56. The largest absolute Gasteiger partial charge is 0.371 e. The zero-order chi connectivity index (χ0) is 17.8. The fraction of sp³-hybridized carbons (Fsp3) is 0.278. The number of pyridine rings is 1. The predicted octanol–water partition coefficient (Wildman–Crippen LogP) is 4.06. The second-order valence-corrected chi connectivity index (χ2v) is 6.68. The summed E-state index contributed by atoms with van der Waals surface area (Å²) in [6.07, 6.45) is 2.33. The van der Waals surface area contributed by atoms with Gasteiger partial charge in [0.1, 0.15) is 11.4 Å². The van der Waals surface area contributed by atoms with Gasteiger partial charge < -0.3 is 10.2 Å². The number of aldehydes is 1. The molecule has 0 radical (unpaired) electrons. The lowest BCUT2D eigenvalue weighted by Crippen LogP contribution is -2.38. The van der Waals surface area contributed by atoms with Crippen LogP contribution in [0.1, 0.15) is 23.2 Å². The van der Waals surface area contributed by atoms with Crippen molar-refractivity contribution in [3.05, 3.63) is 52.3 Å². The highest BCUT2D eigenvalue weighted by molar-refractivity contribution is 6.34. The number of nitrogens with zero attached hydrogens (tertiary/aromatic N) is 2. The van der Waals surface area contributed by atoms with Crippen molar-refractivity contribution in [2.24, 2.45) is 5.92 Å². The first kappa shape index (κ1) is 17.7.